The highest BCUT2D eigenvalue weighted by molar-refractivity contribution is 7.71. The first kappa shape index (κ1) is 18.6. The fourth-order valence-corrected chi connectivity index (χ4v) is 3.44. The summed E-state index contributed by atoms with van der Waals surface area (Å²) in [7, 11) is 4.49. The molecule has 26 heavy (non-hydrogen) atoms. The van der Waals surface area contributed by atoms with Gasteiger partial charge in [0.05, 0.1) is 48.0 Å². The maximum atomic E-state index is 13.1. The van der Waals surface area contributed by atoms with E-state index < -0.39 is 5.56 Å². The molecule has 0 fully saturated rings. The fourth-order valence-electron chi connectivity index (χ4n) is 2.62. The predicted octanol–water partition coefficient (Wildman–Crippen LogP) is 4.38. The Morgan fingerprint density at radius 2 is 1.62 bits per heavy atom. The van der Waals surface area contributed by atoms with Crippen molar-refractivity contribution in [2.45, 2.75) is 0 Å². The second-order valence-corrected chi connectivity index (χ2v) is 6.46. The van der Waals surface area contributed by atoms with E-state index >= 15 is 0 Å². The van der Waals surface area contributed by atoms with Crippen LogP contribution in [0.3, 0.4) is 0 Å². The van der Waals surface area contributed by atoms with Crippen molar-refractivity contribution in [3.05, 3.63) is 49.4 Å². The van der Waals surface area contributed by atoms with Gasteiger partial charge in [0.2, 0.25) is 0 Å². The van der Waals surface area contributed by atoms with Gasteiger partial charge in [-0.3, -0.25) is 9.36 Å². The number of methoxy groups -OCH3 is 3. The Morgan fingerprint density at radius 1 is 0.962 bits per heavy atom. The molecule has 0 unspecified atom stereocenters. The minimum atomic E-state index is -0.412. The molecule has 0 saturated heterocycles. The minimum absolute atomic E-state index is 0.154. The Hall–Kier alpha value is -2.22. The third-order valence-corrected chi connectivity index (χ3v) is 4.74. The second kappa shape index (κ2) is 7.19. The molecule has 1 N–H and O–H groups in total. The molecular formula is C17H14Cl2N2O4S. The molecule has 1 aromatic heterocycles. The highest BCUT2D eigenvalue weighted by atomic mass is 35.5. The lowest BCUT2D eigenvalue weighted by Gasteiger charge is -2.14. The molecule has 0 radical (unpaired) electrons. The zero-order valence-corrected chi connectivity index (χ0v) is 16.4. The van der Waals surface area contributed by atoms with Crippen molar-refractivity contribution in [1.82, 2.24) is 9.55 Å². The van der Waals surface area contributed by atoms with E-state index in [1.165, 1.54) is 25.9 Å². The summed E-state index contributed by atoms with van der Waals surface area (Å²) in [5.74, 6) is 1.36. The van der Waals surface area contributed by atoms with Gasteiger partial charge in [-0.2, -0.15) is 0 Å². The summed E-state index contributed by atoms with van der Waals surface area (Å²) in [6.07, 6.45) is 0. The van der Waals surface area contributed by atoms with E-state index in [4.69, 9.17) is 49.6 Å². The van der Waals surface area contributed by atoms with Crippen molar-refractivity contribution in [2.24, 2.45) is 0 Å². The lowest BCUT2D eigenvalue weighted by Crippen LogP contribution is -2.21. The normalized spacial score (nSPS) is 10.8. The van der Waals surface area contributed by atoms with Crippen molar-refractivity contribution in [1.29, 1.82) is 0 Å². The quantitative estimate of drug-likeness (QED) is 0.643. The van der Waals surface area contributed by atoms with Crippen LogP contribution in [0, 0.1) is 4.77 Å². The molecule has 3 rings (SSSR count). The van der Waals surface area contributed by atoms with E-state index in [9.17, 15) is 4.79 Å². The van der Waals surface area contributed by atoms with Gasteiger partial charge >= 0.3 is 0 Å². The van der Waals surface area contributed by atoms with Crippen LogP contribution in [0.4, 0.5) is 0 Å². The van der Waals surface area contributed by atoms with Crippen molar-refractivity contribution >= 4 is 46.3 Å². The van der Waals surface area contributed by atoms with Crippen LogP contribution in [0.2, 0.25) is 10.0 Å². The first-order valence-corrected chi connectivity index (χ1v) is 8.52. The third kappa shape index (κ3) is 3.02. The molecule has 0 amide bonds. The summed E-state index contributed by atoms with van der Waals surface area (Å²) in [6.45, 7) is 0. The lowest BCUT2D eigenvalue weighted by molar-refractivity contribution is 0.355. The molecule has 0 saturated carbocycles. The molecular weight excluding hydrogens is 399 g/mol. The largest absolute Gasteiger partial charge is 0.497 e. The Kier molecular flexibility index (Phi) is 5.13. The van der Waals surface area contributed by atoms with Gasteiger partial charge in [0.25, 0.3) is 5.56 Å². The number of benzene rings is 2. The standard InChI is InChI=1S/C17H14Cl2N2O4S/c1-23-8-4-10(19)15-11(5-8)20-17(26)21(16(15)22)12-7-14(25-3)13(24-2)6-9(12)18/h4-7H,1-3H3,(H,20,26). The molecule has 1 heterocycles. The van der Waals surface area contributed by atoms with Crippen LogP contribution in [0.1, 0.15) is 0 Å². The zero-order chi connectivity index (χ0) is 19.0. The number of H-pyrrole nitrogens is 1. The minimum Gasteiger partial charge on any atom is -0.497 e. The van der Waals surface area contributed by atoms with Crippen molar-refractivity contribution < 1.29 is 14.2 Å². The van der Waals surface area contributed by atoms with Crippen molar-refractivity contribution in [2.75, 3.05) is 21.3 Å². The van der Waals surface area contributed by atoms with Gasteiger partial charge in [-0.1, -0.05) is 23.2 Å². The molecule has 0 bridgehead atoms. The molecule has 0 aliphatic heterocycles. The summed E-state index contributed by atoms with van der Waals surface area (Å²) in [5, 5.41) is 0.779. The molecule has 6 nitrogen and oxygen atoms in total. The van der Waals surface area contributed by atoms with Crippen molar-refractivity contribution in [3.8, 4) is 22.9 Å². The van der Waals surface area contributed by atoms with E-state index in [1.54, 1.807) is 24.3 Å². The monoisotopic (exact) mass is 412 g/mol. The van der Waals surface area contributed by atoms with Gasteiger partial charge in [0.15, 0.2) is 16.3 Å². The molecule has 0 aliphatic rings. The number of nitrogens with one attached hydrogen (secondary N) is 1. The van der Waals surface area contributed by atoms with Crippen molar-refractivity contribution in [3.63, 3.8) is 0 Å². The first-order valence-electron chi connectivity index (χ1n) is 7.35. The Bertz CT molecular complexity index is 1120. The van der Waals surface area contributed by atoms with Crippen LogP contribution in [0.25, 0.3) is 16.6 Å². The molecule has 0 aliphatic carbocycles. The molecule has 2 aromatic carbocycles. The highest BCUT2D eigenvalue weighted by Crippen LogP contribution is 2.35. The number of aromatic amines is 1. The number of aromatic nitrogens is 2. The molecule has 3 aromatic rings. The van der Waals surface area contributed by atoms with Gasteiger partial charge < -0.3 is 19.2 Å². The van der Waals surface area contributed by atoms with Gasteiger partial charge in [0, 0.05) is 18.2 Å². The smallest absolute Gasteiger partial charge is 0.268 e. The average molecular weight is 413 g/mol. The summed E-state index contributed by atoms with van der Waals surface area (Å²) in [6, 6.07) is 6.34. The average Bonchev–Trinajstić information content (AvgIpc) is 2.61. The Balaban J connectivity index is 2.39. The lowest BCUT2D eigenvalue weighted by atomic mass is 10.2. The number of hydrogen-bond donors (Lipinski definition) is 1. The summed E-state index contributed by atoms with van der Waals surface area (Å²) in [5.41, 5.74) is 0.409. The SMILES string of the molecule is COc1cc(Cl)c2c(=O)n(-c3cc(OC)c(OC)cc3Cl)c(=S)[nH]c2c1. The summed E-state index contributed by atoms with van der Waals surface area (Å²) < 4.78 is 17.1. The molecule has 136 valence electrons. The van der Waals surface area contributed by atoms with Crippen LogP contribution in [0.5, 0.6) is 17.2 Å². The first-order chi connectivity index (χ1) is 12.4. The molecule has 0 atom stereocenters. The number of fused-ring (bicyclic) bond motifs is 1. The maximum Gasteiger partial charge on any atom is 0.268 e. The summed E-state index contributed by atoms with van der Waals surface area (Å²) in [4.78, 5) is 16.1. The van der Waals surface area contributed by atoms with Gasteiger partial charge in [0.1, 0.15) is 5.75 Å². The summed E-state index contributed by atoms with van der Waals surface area (Å²) >= 11 is 18.0. The van der Waals surface area contributed by atoms with Gasteiger partial charge in [-0.15, -0.1) is 0 Å². The highest BCUT2D eigenvalue weighted by Gasteiger charge is 2.17. The second-order valence-electron chi connectivity index (χ2n) is 5.26. The van der Waals surface area contributed by atoms with E-state index in [0.717, 1.165) is 0 Å². The van der Waals surface area contributed by atoms with Crippen LogP contribution in [0.15, 0.2) is 29.1 Å². The number of hydrogen-bond acceptors (Lipinski definition) is 5. The van der Waals surface area contributed by atoms with Gasteiger partial charge in [-0.25, -0.2) is 0 Å². The van der Waals surface area contributed by atoms with E-state index in [1.807, 2.05) is 0 Å². The number of ether oxygens (including phenoxy) is 3. The zero-order valence-electron chi connectivity index (χ0n) is 14.1. The van der Waals surface area contributed by atoms with E-state index in [-0.39, 0.29) is 20.2 Å². The topological polar surface area (TPSA) is 65.5 Å². The van der Waals surface area contributed by atoms with Crippen LogP contribution >= 0.6 is 35.4 Å². The van der Waals surface area contributed by atoms with Crippen LogP contribution in [-0.2, 0) is 0 Å². The van der Waals surface area contributed by atoms with E-state index in [0.29, 0.717) is 28.5 Å². The molecule has 9 heteroatoms. The van der Waals surface area contributed by atoms with Crippen LogP contribution in [-0.4, -0.2) is 30.9 Å². The van der Waals surface area contributed by atoms with Crippen LogP contribution < -0.4 is 19.8 Å². The Morgan fingerprint density at radius 3 is 2.23 bits per heavy atom. The number of rotatable bonds is 4. The number of nitrogens with zero attached hydrogens (tertiary/aromatic N) is 1. The third-order valence-electron chi connectivity index (χ3n) is 3.86. The number of halogens is 2. The maximum absolute atomic E-state index is 13.1. The van der Waals surface area contributed by atoms with Gasteiger partial charge in [-0.05, 0) is 18.3 Å². The fraction of sp³-hybridized carbons (Fsp3) is 0.176. The predicted molar refractivity (Wildman–Crippen MR) is 104 cm³/mol. The molecule has 0 spiro atoms. The van der Waals surface area contributed by atoms with E-state index in [2.05, 4.69) is 4.98 Å². The Labute approximate surface area is 163 Å².